The molecule has 0 fully saturated rings. The number of hydrogen-bond acceptors (Lipinski definition) is 4. The number of aromatic carboxylic acids is 1. The van der Waals surface area contributed by atoms with E-state index in [4.69, 9.17) is 5.11 Å². The van der Waals surface area contributed by atoms with E-state index in [0.717, 1.165) is 13.8 Å². The maximum Gasteiger partial charge on any atom is 0.402 e. The van der Waals surface area contributed by atoms with Crippen molar-refractivity contribution in [2.45, 2.75) is 25.4 Å². The molecule has 1 aromatic rings. The first-order valence-corrected chi connectivity index (χ1v) is 3.80. The molecule has 8 heteroatoms. The second-order valence-electron chi connectivity index (χ2n) is 3.34. The Morgan fingerprint density at radius 3 is 2.20 bits per heavy atom. The summed E-state index contributed by atoms with van der Waals surface area (Å²) in [6.07, 6.45) is -4.59. The average molecular weight is 224 g/mol. The first kappa shape index (κ1) is 11.5. The summed E-state index contributed by atoms with van der Waals surface area (Å²) in [4.78, 5) is 10.3. The Morgan fingerprint density at radius 2 is 1.87 bits per heavy atom. The predicted octanol–water partition coefficient (Wildman–Crippen LogP) is 1.61. The van der Waals surface area contributed by atoms with Gasteiger partial charge in [-0.1, -0.05) is 0 Å². The largest absolute Gasteiger partial charge is 0.474 e. The van der Waals surface area contributed by atoms with Crippen LogP contribution in [0.15, 0.2) is 4.42 Å². The number of alkyl halides is 3. The fourth-order valence-electron chi connectivity index (χ4n) is 0.683. The van der Waals surface area contributed by atoms with Gasteiger partial charge in [0.15, 0.2) is 0 Å². The van der Waals surface area contributed by atoms with E-state index in [0.29, 0.717) is 0 Å². The van der Waals surface area contributed by atoms with Gasteiger partial charge >= 0.3 is 18.0 Å². The molecule has 0 aliphatic heterocycles. The van der Waals surface area contributed by atoms with Crippen molar-refractivity contribution in [2.24, 2.45) is 0 Å². The van der Waals surface area contributed by atoms with Crippen LogP contribution < -0.4 is 0 Å². The van der Waals surface area contributed by atoms with Gasteiger partial charge in [-0.3, -0.25) is 0 Å². The summed E-state index contributed by atoms with van der Waals surface area (Å²) < 4.78 is 41.8. The Labute approximate surface area is 81.9 Å². The first-order valence-electron chi connectivity index (χ1n) is 3.80. The molecule has 0 radical (unpaired) electrons. The van der Waals surface area contributed by atoms with Crippen LogP contribution in [0, 0.1) is 0 Å². The fourth-order valence-corrected chi connectivity index (χ4v) is 0.683. The van der Waals surface area contributed by atoms with Crippen molar-refractivity contribution in [3.8, 4) is 0 Å². The molecule has 1 heterocycles. The van der Waals surface area contributed by atoms with E-state index in [-0.39, 0.29) is 0 Å². The SMILES string of the molecule is CC(C)(c1nnc(C(=O)O)o1)C(F)(F)F. The highest BCUT2D eigenvalue weighted by atomic mass is 19.4. The minimum Gasteiger partial charge on any atom is -0.474 e. The Balaban J connectivity index is 3.11. The monoisotopic (exact) mass is 224 g/mol. The van der Waals surface area contributed by atoms with E-state index in [1.54, 1.807) is 0 Å². The Morgan fingerprint density at radius 1 is 1.33 bits per heavy atom. The van der Waals surface area contributed by atoms with Crippen LogP contribution >= 0.6 is 0 Å². The fraction of sp³-hybridized carbons (Fsp3) is 0.571. The minimum atomic E-state index is -4.59. The van der Waals surface area contributed by atoms with E-state index in [1.807, 2.05) is 0 Å². The molecule has 1 aromatic heterocycles. The zero-order valence-corrected chi connectivity index (χ0v) is 7.79. The second kappa shape index (κ2) is 3.21. The zero-order chi connectivity index (χ0) is 11.9. The molecule has 15 heavy (non-hydrogen) atoms. The summed E-state index contributed by atoms with van der Waals surface area (Å²) in [6, 6.07) is 0. The van der Waals surface area contributed by atoms with E-state index < -0.39 is 29.3 Å². The van der Waals surface area contributed by atoms with Crippen molar-refractivity contribution in [1.29, 1.82) is 0 Å². The van der Waals surface area contributed by atoms with Crippen LogP contribution in [-0.4, -0.2) is 27.4 Å². The Kier molecular flexibility index (Phi) is 2.46. The van der Waals surface area contributed by atoms with E-state index in [1.165, 1.54) is 0 Å². The molecular weight excluding hydrogens is 217 g/mol. The highest BCUT2D eigenvalue weighted by Gasteiger charge is 2.52. The van der Waals surface area contributed by atoms with Crippen molar-refractivity contribution in [1.82, 2.24) is 10.2 Å². The third kappa shape index (κ3) is 1.92. The smallest absolute Gasteiger partial charge is 0.402 e. The summed E-state index contributed by atoms with van der Waals surface area (Å²) in [5.74, 6) is -3.19. The van der Waals surface area contributed by atoms with Gasteiger partial charge in [-0.15, -0.1) is 10.2 Å². The molecule has 0 saturated carbocycles. The first-order chi connectivity index (χ1) is 6.66. The van der Waals surface area contributed by atoms with Crippen molar-refractivity contribution in [3.63, 3.8) is 0 Å². The van der Waals surface area contributed by atoms with Crippen molar-refractivity contribution in [3.05, 3.63) is 11.8 Å². The van der Waals surface area contributed by atoms with Gasteiger partial charge in [0.05, 0.1) is 0 Å². The number of rotatable bonds is 2. The van der Waals surface area contributed by atoms with Gasteiger partial charge in [-0.25, -0.2) is 4.79 Å². The molecular formula is C7H7F3N2O3. The molecule has 0 bridgehead atoms. The third-order valence-corrected chi connectivity index (χ3v) is 1.85. The number of carboxylic acids is 1. The summed E-state index contributed by atoms with van der Waals surface area (Å²) >= 11 is 0. The van der Waals surface area contributed by atoms with E-state index in [9.17, 15) is 18.0 Å². The van der Waals surface area contributed by atoms with Crippen LogP contribution in [0.3, 0.4) is 0 Å². The van der Waals surface area contributed by atoms with Gasteiger partial charge < -0.3 is 9.52 Å². The van der Waals surface area contributed by atoms with Crippen LogP contribution in [0.2, 0.25) is 0 Å². The van der Waals surface area contributed by atoms with Gasteiger partial charge in [0.2, 0.25) is 5.89 Å². The lowest BCUT2D eigenvalue weighted by Gasteiger charge is -2.23. The average Bonchev–Trinajstić information content (AvgIpc) is 2.49. The van der Waals surface area contributed by atoms with Gasteiger partial charge in [0.25, 0.3) is 0 Å². The topological polar surface area (TPSA) is 76.2 Å². The number of nitrogens with zero attached hydrogens (tertiary/aromatic N) is 2. The number of hydrogen-bond donors (Lipinski definition) is 1. The summed E-state index contributed by atoms with van der Waals surface area (Å²) in [5, 5.41) is 14.4. The van der Waals surface area contributed by atoms with Crippen molar-refractivity contribution >= 4 is 5.97 Å². The molecule has 0 saturated heterocycles. The standard InChI is InChI=1S/C7H7F3N2O3/c1-6(2,7(8,9)10)5-12-11-3(15-5)4(13)14/h1-2H3,(H,13,14). The molecule has 0 aliphatic rings. The lowest BCUT2D eigenvalue weighted by Crippen LogP contribution is -2.36. The maximum atomic E-state index is 12.5. The molecule has 5 nitrogen and oxygen atoms in total. The van der Waals surface area contributed by atoms with E-state index >= 15 is 0 Å². The summed E-state index contributed by atoms with van der Waals surface area (Å²) in [7, 11) is 0. The summed E-state index contributed by atoms with van der Waals surface area (Å²) in [6.45, 7) is 1.65. The number of halogens is 3. The molecule has 1 rings (SSSR count). The van der Waals surface area contributed by atoms with Gasteiger partial charge in [-0.05, 0) is 13.8 Å². The zero-order valence-electron chi connectivity index (χ0n) is 7.79. The van der Waals surface area contributed by atoms with Crippen molar-refractivity contribution in [2.75, 3.05) is 0 Å². The molecule has 1 N–H and O–H groups in total. The number of aromatic nitrogens is 2. The van der Waals surface area contributed by atoms with Crippen LogP contribution in [0.25, 0.3) is 0 Å². The highest BCUT2D eigenvalue weighted by Crippen LogP contribution is 2.39. The third-order valence-electron chi connectivity index (χ3n) is 1.85. The molecule has 0 aliphatic carbocycles. The van der Waals surface area contributed by atoms with Gasteiger partial charge in [-0.2, -0.15) is 13.2 Å². The molecule has 0 spiro atoms. The van der Waals surface area contributed by atoms with Crippen molar-refractivity contribution < 1.29 is 27.5 Å². The normalized spacial score (nSPS) is 12.9. The predicted molar refractivity (Wildman–Crippen MR) is 40.3 cm³/mol. The quantitative estimate of drug-likeness (QED) is 0.825. The molecule has 0 unspecified atom stereocenters. The lowest BCUT2D eigenvalue weighted by molar-refractivity contribution is -0.186. The maximum absolute atomic E-state index is 12.5. The molecule has 0 atom stereocenters. The van der Waals surface area contributed by atoms with Crippen LogP contribution in [0.1, 0.15) is 30.4 Å². The number of carboxylic acid groups (broad SMARTS) is 1. The van der Waals surface area contributed by atoms with Crippen LogP contribution in [0.4, 0.5) is 13.2 Å². The minimum absolute atomic E-state index is 0.771. The summed E-state index contributed by atoms with van der Waals surface area (Å²) in [5.41, 5.74) is -2.37. The van der Waals surface area contributed by atoms with Crippen LogP contribution in [0.5, 0.6) is 0 Å². The number of carbonyl (C=O) groups is 1. The van der Waals surface area contributed by atoms with Crippen LogP contribution in [-0.2, 0) is 5.41 Å². The lowest BCUT2D eigenvalue weighted by atomic mass is 9.93. The highest BCUT2D eigenvalue weighted by molar-refractivity contribution is 5.81. The Bertz CT molecular complexity index is 383. The second-order valence-corrected chi connectivity index (χ2v) is 3.34. The Hall–Kier alpha value is -1.60. The van der Waals surface area contributed by atoms with Gasteiger partial charge in [0.1, 0.15) is 5.41 Å². The van der Waals surface area contributed by atoms with E-state index in [2.05, 4.69) is 14.6 Å². The van der Waals surface area contributed by atoms with Gasteiger partial charge in [0, 0.05) is 0 Å². The molecule has 0 amide bonds. The molecule has 84 valence electrons. The molecule has 0 aromatic carbocycles.